The molecule has 6 heteroatoms. The van der Waals surface area contributed by atoms with Gasteiger partial charge in [-0.2, -0.15) is 13.2 Å². The zero-order chi connectivity index (χ0) is 21.9. The van der Waals surface area contributed by atoms with Crippen molar-refractivity contribution in [3.8, 4) is 0 Å². The molecule has 3 rings (SSSR count). The molecule has 30 heavy (non-hydrogen) atoms. The summed E-state index contributed by atoms with van der Waals surface area (Å²) < 4.78 is 42.5. The Balaban J connectivity index is 1.96. The molecule has 0 spiro atoms. The molecule has 2 aromatic carbocycles. The average molecular weight is 421 g/mol. The Labute approximate surface area is 176 Å². The van der Waals surface area contributed by atoms with Crippen LogP contribution in [0.5, 0.6) is 0 Å². The molecular formula is C24H31F3N2O. The van der Waals surface area contributed by atoms with Crippen LogP contribution in [0.4, 0.5) is 13.2 Å². The van der Waals surface area contributed by atoms with Gasteiger partial charge in [-0.1, -0.05) is 62.9 Å². The van der Waals surface area contributed by atoms with Crippen LogP contribution in [0.1, 0.15) is 70.0 Å². The second kappa shape index (κ2) is 8.96. The number of halogens is 3. The molecule has 1 heterocycles. The highest BCUT2D eigenvalue weighted by Gasteiger charge is 2.51. The van der Waals surface area contributed by atoms with E-state index in [0.29, 0.717) is 0 Å². The average Bonchev–Trinajstić information content (AvgIpc) is 2.92. The van der Waals surface area contributed by atoms with Gasteiger partial charge in [0.1, 0.15) is 6.04 Å². The molecule has 1 fully saturated rings. The molecule has 1 unspecified atom stereocenters. The van der Waals surface area contributed by atoms with Crippen molar-refractivity contribution in [1.29, 1.82) is 0 Å². The predicted octanol–water partition coefficient (Wildman–Crippen LogP) is 6.33. The second-order valence-electron chi connectivity index (χ2n) is 8.96. The molecule has 1 atom stereocenters. The van der Waals surface area contributed by atoms with Crippen molar-refractivity contribution in [2.45, 2.75) is 71.5 Å². The van der Waals surface area contributed by atoms with Crippen LogP contribution in [-0.4, -0.2) is 23.6 Å². The van der Waals surface area contributed by atoms with Crippen molar-refractivity contribution in [3.63, 3.8) is 0 Å². The molecule has 0 saturated carbocycles. The molecule has 0 bridgehead atoms. The quantitative estimate of drug-likeness (QED) is 0.506. The topological polar surface area (TPSA) is 32.3 Å². The van der Waals surface area contributed by atoms with Crippen LogP contribution in [-0.2, 0) is 11.2 Å². The van der Waals surface area contributed by atoms with E-state index in [2.05, 4.69) is 12.3 Å². The molecule has 1 saturated heterocycles. The maximum absolute atomic E-state index is 14.2. The van der Waals surface area contributed by atoms with Crippen molar-refractivity contribution in [2.24, 2.45) is 5.41 Å². The molecule has 3 nitrogen and oxygen atoms in total. The summed E-state index contributed by atoms with van der Waals surface area (Å²) >= 11 is 0. The van der Waals surface area contributed by atoms with E-state index < -0.39 is 17.6 Å². The van der Waals surface area contributed by atoms with Crippen LogP contribution in [0.3, 0.4) is 0 Å². The number of carbonyl (C=O) groups is 1. The Morgan fingerprint density at radius 1 is 1.10 bits per heavy atom. The number of benzene rings is 2. The summed E-state index contributed by atoms with van der Waals surface area (Å²) in [5, 5.41) is 2.86. The Morgan fingerprint density at radius 2 is 1.80 bits per heavy atom. The number of hydrogen-bond donors (Lipinski definition) is 1. The SMILES string of the molecule is CCCCCCCc1cc(C(N2CC(C)(C)C(=O)N2)C(F)(F)F)cc2ccccc12. The van der Waals surface area contributed by atoms with E-state index >= 15 is 0 Å². The molecule has 0 aliphatic carbocycles. The number of hydrogen-bond acceptors (Lipinski definition) is 2. The molecule has 1 aliphatic rings. The number of fused-ring (bicyclic) bond motifs is 1. The van der Waals surface area contributed by atoms with Gasteiger partial charge in [-0.25, -0.2) is 5.01 Å². The Hall–Kier alpha value is -2.08. The van der Waals surface area contributed by atoms with E-state index in [-0.39, 0.29) is 18.0 Å². The van der Waals surface area contributed by atoms with Gasteiger partial charge in [0.15, 0.2) is 0 Å². The van der Waals surface area contributed by atoms with Gasteiger partial charge in [0.05, 0.1) is 5.41 Å². The lowest BCUT2D eigenvalue weighted by molar-refractivity contribution is -0.191. The minimum atomic E-state index is -4.51. The smallest absolute Gasteiger partial charge is 0.287 e. The van der Waals surface area contributed by atoms with Crippen LogP contribution in [0.25, 0.3) is 10.8 Å². The van der Waals surface area contributed by atoms with E-state index in [4.69, 9.17) is 0 Å². The van der Waals surface area contributed by atoms with Crippen LogP contribution < -0.4 is 5.43 Å². The fourth-order valence-corrected chi connectivity index (χ4v) is 4.22. The molecular weight excluding hydrogens is 389 g/mol. The molecule has 1 N–H and O–H groups in total. The third kappa shape index (κ3) is 4.97. The number of nitrogens with zero attached hydrogens (tertiary/aromatic N) is 1. The maximum Gasteiger partial charge on any atom is 0.409 e. The zero-order valence-electron chi connectivity index (χ0n) is 18.0. The van der Waals surface area contributed by atoms with Gasteiger partial charge in [0.25, 0.3) is 0 Å². The van der Waals surface area contributed by atoms with Crippen molar-refractivity contribution < 1.29 is 18.0 Å². The molecule has 164 valence electrons. The van der Waals surface area contributed by atoms with E-state index in [0.717, 1.165) is 53.4 Å². The molecule has 1 aliphatic heterocycles. The third-order valence-corrected chi connectivity index (χ3v) is 5.88. The van der Waals surface area contributed by atoms with Crippen molar-refractivity contribution >= 4 is 16.7 Å². The fraction of sp³-hybridized carbons (Fsp3) is 0.542. The summed E-state index contributed by atoms with van der Waals surface area (Å²) in [5.74, 6) is -0.381. The van der Waals surface area contributed by atoms with E-state index in [9.17, 15) is 18.0 Å². The number of alkyl halides is 3. The van der Waals surface area contributed by atoms with Crippen LogP contribution >= 0.6 is 0 Å². The van der Waals surface area contributed by atoms with E-state index in [1.807, 2.05) is 24.3 Å². The van der Waals surface area contributed by atoms with Gasteiger partial charge in [0.2, 0.25) is 5.91 Å². The number of aryl methyl sites for hydroxylation is 1. The van der Waals surface area contributed by atoms with Gasteiger partial charge >= 0.3 is 6.18 Å². The van der Waals surface area contributed by atoms with Crippen LogP contribution in [0.15, 0.2) is 36.4 Å². The number of carbonyl (C=O) groups excluding carboxylic acids is 1. The summed E-state index contributed by atoms with van der Waals surface area (Å²) in [6, 6.07) is 9.05. The Bertz CT molecular complexity index is 892. The van der Waals surface area contributed by atoms with Crippen molar-refractivity contribution in [2.75, 3.05) is 6.54 Å². The first-order chi connectivity index (χ1) is 14.1. The summed E-state index contributed by atoms with van der Waals surface area (Å²) in [5.41, 5.74) is 2.73. The number of unbranched alkanes of at least 4 members (excludes halogenated alkanes) is 4. The van der Waals surface area contributed by atoms with Crippen LogP contribution in [0.2, 0.25) is 0 Å². The summed E-state index contributed by atoms with van der Waals surface area (Å²) in [6.07, 6.45) is 1.76. The van der Waals surface area contributed by atoms with E-state index in [1.165, 1.54) is 6.42 Å². The Kier molecular flexibility index (Phi) is 6.75. The first-order valence-corrected chi connectivity index (χ1v) is 10.8. The number of amides is 1. The van der Waals surface area contributed by atoms with E-state index in [1.54, 1.807) is 26.0 Å². The summed E-state index contributed by atoms with van der Waals surface area (Å²) in [7, 11) is 0. The zero-order valence-corrected chi connectivity index (χ0v) is 18.0. The predicted molar refractivity (Wildman–Crippen MR) is 114 cm³/mol. The molecule has 0 radical (unpaired) electrons. The first-order valence-electron chi connectivity index (χ1n) is 10.8. The lowest BCUT2D eigenvalue weighted by Gasteiger charge is -2.30. The molecule has 0 aromatic heterocycles. The monoisotopic (exact) mass is 420 g/mol. The van der Waals surface area contributed by atoms with Gasteiger partial charge < -0.3 is 0 Å². The highest BCUT2D eigenvalue weighted by atomic mass is 19.4. The third-order valence-electron chi connectivity index (χ3n) is 5.88. The van der Waals surface area contributed by atoms with Gasteiger partial charge in [-0.05, 0) is 54.7 Å². The van der Waals surface area contributed by atoms with Gasteiger partial charge in [-0.3, -0.25) is 10.2 Å². The summed E-state index contributed by atoms with van der Waals surface area (Å²) in [6.45, 7) is 5.50. The fourth-order valence-electron chi connectivity index (χ4n) is 4.22. The lowest BCUT2D eigenvalue weighted by Crippen LogP contribution is -2.43. The second-order valence-corrected chi connectivity index (χ2v) is 8.96. The lowest BCUT2D eigenvalue weighted by atomic mass is 9.92. The maximum atomic E-state index is 14.2. The van der Waals surface area contributed by atoms with Crippen LogP contribution in [0, 0.1) is 5.41 Å². The summed E-state index contributed by atoms with van der Waals surface area (Å²) in [4.78, 5) is 12.2. The van der Waals surface area contributed by atoms with Crippen molar-refractivity contribution in [1.82, 2.24) is 10.4 Å². The standard InChI is InChI=1S/C24H31F3N2O/c1-4-5-6-7-8-11-17-14-19(15-18-12-9-10-13-20(17)18)21(24(25,26)27)29-16-23(2,3)22(30)28-29/h9-10,12-15,21H,4-8,11,16H2,1-3H3,(H,28,30). The van der Waals surface area contributed by atoms with Gasteiger partial charge in [-0.15, -0.1) is 0 Å². The molecule has 2 aromatic rings. The minimum Gasteiger partial charge on any atom is -0.287 e. The van der Waals surface area contributed by atoms with Gasteiger partial charge in [0, 0.05) is 6.54 Å². The highest BCUT2D eigenvalue weighted by molar-refractivity contribution is 5.87. The number of nitrogens with one attached hydrogen (secondary N) is 1. The number of rotatable bonds is 8. The molecule has 1 amide bonds. The number of hydrazine groups is 1. The highest BCUT2D eigenvalue weighted by Crippen LogP contribution is 2.42. The Morgan fingerprint density at radius 3 is 2.43 bits per heavy atom. The largest absolute Gasteiger partial charge is 0.409 e. The first kappa shape index (κ1) is 22.6. The normalized spacial score (nSPS) is 18.0. The minimum absolute atomic E-state index is 0.00911. The van der Waals surface area contributed by atoms with Crippen molar-refractivity contribution in [3.05, 3.63) is 47.5 Å².